The molecule has 1 heterocycles. The number of aromatic nitrogens is 2. The second kappa shape index (κ2) is 7.56. The van der Waals surface area contributed by atoms with Crippen LogP contribution in [0.25, 0.3) is 0 Å². The lowest BCUT2D eigenvalue weighted by Crippen LogP contribution is -2.29. The molecule has 0 aliphatic carbocycles. The summed E-state index contributed by atoms with van der Waals surface area (Å²) in [5.41, 5.74) is 0. The number of ether oxygens (including phenoxy) is 1. The van der Waals surface area contributed by atoms with Crippen LogP contribution in [-0.4, -0.2) is 33.7 Å². The van der Waals surface area contributed by atoms with Gasteiger partial charge in [0.05, 0.1) is 25.4 Å². The topological polar surface area (TPSA) is 84.3 Å². The molecule has 6 heteroatoms. The van der Waals surface area contributed by atoms with Gasteiger partial charge in [0.1, 0.15) is 5.82 Å². The van der Waals surface area contributed by atoms with Crippen molar-refractivity contribution in [3.05, 3.63) is 12.4 Å². The first-order valence-electron chi connectivity index (χ1n) is 6.46. The Balaban J connectivity index is 2.70. The average Bonchev–Trinajstić information content (AvgIpc) is 2.35. The second-order valence-electron chi connectivity index (χ2n) is 4.68. The Morgan fingerprint density at radius 1 is 1.47 bits per heavy atom. The Kier molecular flexibility index (Phi) is 6.05. The van der Waals surface area contributed by atoms with Crippen LogP contribution in [0.3, 0.4) is 0 Å². The third kappa shape index (κ3) is 5.54. The molecule has 106 valence electrons. The smallest absolute Gasteiger partial charge is 0.305 e. The lowest BCUT2D eigenvalue weighted by molar-refractivity contribution is -0.137. The highest BCUT2D eigenvalue weighted by molar-refractivity contribution is 5.68. The van der Waals surface area contributed by atoms with Crippen molar-refractivity contribution in [1.82, 2.24) is 9.97 Å². The van der Waals surface area contributed by atoms with E-state index in [4.69, 9.17) is 9.84 Å². The summed E-state index contributed by atoms with van der Waals surface area (Å²) in [6.07, 6.45) is 4.05. The van der Waals surface area contributed by atoms with Gasteiger partial charge < -0.3 is 15.2 Å². The number of carboxylic acids is 1. The zero-order valence-corrected chi connectivity index (χ0v) is 11.6. The van der Waals surface area contributed by atoms with E-state index < -0.39 is 5.97 Å². The van der Waals surface area contributed by atoms with Crippen LogP contribution in [-0.2, 0) is 4.79 Å². The molecule has 0 spiro atoms. The molecule has 19 heavy (non-hydrogen) atoms. The summed E-state index contributed by atoms with van der Waals surface area (Å²) in [5, 5.41) is 12.0. The molecule has 1 unspecified atom stereocenters. The van der Waals surface area contributed by atoms with Crippen LogP contribution in [0.1, 0.15) is 33.6 Å². The van der Waals surface area contributed by atoms with Crippen LogP contribution >= 0.6 is 0 Å². The van der Waals surface area contributed by atoms with Crippen LogP contribution < -0.4 is 10.1 Å². The molecular formula is C13H21N3O3. The van der Waals surface area contributed by atoms with E-state index >= 15 is 0 Å². The number of nitrogens with zero attached hydrogens (tertiary/aromatic N) is 2. The van der Waals surface area contributed by atoms with Crippen LogP contribution in [0.5, 0.6) is 5.88 Å². The Morgan fingerprint density at radius 2 is 2.21 bits per heavy atom. The fraction of sp³-hybridized carbons (Fsp3) is 0.615. The maximum absolute atomic E-state index is 10.8. The first-order valence-corrected chi connectivity index (χ1v) is 6.46. The van der Waals surface area contributed by atoms with Crippen molar-refractivity contribution in [3.8, 4) is 5.88 Å². The molecule has 0 saturated heterocycles. The third-order valence-electron chi connectivity index (χ3n) is 2.60. The largest absolute Gasteiger partial charge is 0.481 e. The summed E-state index contributed by atoms with van der Waals surface area (Å²) in [5.74, 6) is 0.328. The van der Waals surface area contributed by atoms with Crippen molar-refractivity contribution in [1.29, 1.82) is 0 Å². The highest BCUT2D eigenvalue weighted by atomic mass is 16.5. The minimum absolute atomic E-state index is 0.0411. The lowest BCUT2D eigenvalue weighted by Gasteiger charge is -2.21. The number of rotatable bonds is 8. The third-order valence-corrected chi connectivity index (χ3v) is 2.60. The van der Waals surface area contributed by atoms with Gasteiger partial charge in [0.2, 0.25) is 5.88 Å². The molecule has 1 aromatic rings. The molecule has 1 aromatic heterocycles. The summed E-state index contributed by atoms with van der Waals surface area (Å²) in [6.45, 7) is 6.52. The lowest BCUT2D eigenvalue weighted by atomic mass is 10.0. The molecule has 0 aromatic carbocycles. The molecule has 2 N–H and O–H groups in total. The number of hydrogen-bond acceptors (Lipinski definition) is 5. The number of nitrogens with one attached hydrogen (secondary N) is 1. The van der Waals surface area contributed by atoms with Gasteiger partial charge in [0, 0.05) is 6.04 Å². The zero-order valence-electron chi connectivity index (χ0n) is 11.6. The molecule has 0 aliphatic heterocycles. The van der Waals surface area contributed by atoms with E-state index in [2.05, 4.69) is 15.3 Å². The first-order chi connectivity index (χ1) is 9.02. The minimum atomic E-state index is -0.836. The van der Waals surface area contributed by atoms with Gasteiger partial charge in [-0.2, -0.15) is 4.98 Å². The van der Waals surface area contributed by atoms with E-state index in [1.54, 1.807) is 12.4 Å². The van der Waals surface area contributed by atoms with E-state index in [0.29, 0.717) is 18.3 Å². The van der Waals surface area contributed by atoms with E-state index in [1.807, 2.05) is 20.8 Å². The Labute approximate surface area is 113 Å². The summed E-state index contributed by atoms with van der Waals surface area (Å²) in [4.78, 5) is 19.1. The van der Waals surface area contributed by atoms with Crippen molar-refractivity contribution in [2.45, 2.75) is 39.7 Å². The molecule has 1 rings (SSSR count). The number of anilines is 1. The number of hydrogen-bond donors (Lipinski definition) is 2. The van der Waals surface area contributed by atoms with Gasteiger partial charge in [-0.15, -0.1) is 0 Å². The molecule has 1 atom stereocenters. The van der Waals surface area contributed by atoms with Gasteiger partial charge >= 0.3 is 5.97 Å². The van der Waals surface area contributed by atoms with Gasteiger partial charge in [-0.3, -0.25) is 9.78 Å². The molecular weight excluding hydrogens is 246 g/mol. The van der Waals surface area contributed by atoms with Crippen molar-refractivity contribution in [3.63, 3.8) is 0 Å². The molecule has 0 fully saturated rings. The standard InChI is InChI=1S/C13H21N3O3/c1-4-5-19-12-8-14-7-11(16-12)15-10(9(2)3)6-13(17)18/h7-10H,4-6H2,1-3H3,(H,15,16)(H,17,18). The van der Waals surface area contributed by atoms with Gasteiger partial charge in [-0.25, -0.2) is 0 Å². The van der Waals surface area contributed by atoms with Gasteiger partial charge in [-0.05, 0) is 12.3 Å². The maximum atomic E-state index is 10.8. The van der Waals surface area contributed by atoms with E-state index in [-0.39, 0.29) is 18.4 Å². The van der Waals surface area contributed by atoms with E-state index in [9.17, 15) is 4.79 Å². The number of aliphatic carboxylic acids is 1. The number of carbonyl (C=O) groups is 1. The highest BCUT2D eigenvalue weighted by Crippen LogP contribution is 2.15. The molecule has 0 aliphatic rings. The number of carboxylic acid groups (broad SMARTS) is 1. The normalized spacial score (nSPS) is 12.2. The van der Waals surface area contributed by atoms with Crippen molar-refractivity contribution >= 4 is 11.8 Å². The first kappa shape index (κ1) is 15.2. The second-order valence-corrected chi connectivity index (χ2v) is 4.68. The van der Waals surface area contributed by atoms with Gasteiger partial charge in [-0.1, -0.05) is 20.8 Å². The van der Waals surface area contributed by atoms with Crippen molar-refractivity contribution < 1.29 is 14.6 Å². The van der Waals surface area contributed by atoms with E-state index in [0.717, 1.165) is 6.42 Å². The molecule has 0 radical (unpaired) electrons. The van der Waals surface area contributed by atoms with Crippen LogP contribution in [0.15, 0.2) is 12.4 Å². The molecule has 0 saturated carbocycles. The monoisotopic (exact) mass is 267 g/mol. The zero-order chi connectivity index (χ0) is 14.3. The Bertz CT molecular complexity index is 410. The van der Waals surface area contributed by atoms with Gasteiger partial charge in [0.15, 0.2) is 0 Å². The summed E-state index contributed by atoms with van der Waals surface area (Å²) >= 11 is 0. The van der Waals surface area contributed by atoms with Crippen molar-refractivity contribution in [2.75, 3.05) is 11.9 Å². The van der Waals surface area contributed by atoms with Crippen LogP contribution in [0, 0.1) is 5.92 Å². The predicted molar refractivity (Wildman–Crippen MR) is 72.3 cm³/mol. The average molecular weight is 267 g/mol. The molecule has 6 nitrogen and oxygen atoms in total. The minimum Gasteiger partial charge on any atom is -0.481 e. The Hall–Kier alpha value is -1.85. The van der Waals surface area contributed by atoms with Crippen LogP contribution in [0.4, 0.5) is 5.82 Å². The fourth-order valence-corrected chi connectivity index (χ4v) is 1.53. The highest BCUT2D eigenvalue weighted by Gasteiger charge is 2.17. The van der Waals surface area contributed by atoms with Crippen molar-refractivity contribution in [2.24, 2.45) is 5.92 Å². The SMILES string of the molecule is CCCOc1cncc(NC(CC(=O)O)C(C)C)n1. The summed E-state index contributed by atoms with van der Waals surface area (Å²) in [7, 11) is 0. The predicted octanol–water partition coefficient (Wildman–Crippen LogP) is 2.18. The van der Waals surface area contributed by atoms with Gasteiger partial charge in [0.25, 0.3) is 0 Å². The summed E-state index contributed by atoms with van der Waals surface area (Å²) in [6, 6.07) is -0.187. The quantitative estimate of drug-likeness (QED) is 0.751. The van der Waals surface area contributed by atoms with E-state index in [1.165, 1.54) is 0 Å². The Morgan fingerprint density at radius 3 is 2.79 bits per heavy atom. The maximum Gasteiger partial charge on any atom is 0.305 e. The molecule has 0 amide bonds. The fourth-order valence-electron chi connectivity index (χ4n) is 1.53. The molecule has 0 bridgehead atoms. The summed E-state index contributed by atoms with van der Waals surface area (Å²) < 4.78 is 5.39. The van der Waals surface area contributed by atoms with Crippen LogP contribution in [0.2, 0.25) is 0 Å².